The van der Waals surface area contributed by atoms with Crippen molar-refractivity contribution in [3.05, 3.63) is 34.6 Å². The van der Waals surface area contributed by atoms with Crippen molar-refractivity contribution in [1.29, 1.82) is 0 Å². The average Bonchev–Trinajstić information content (AvgIpc) is 2.63. The summed E-state index contributed by atoms with van der Waals surface area (Å²) in [5, 5.41) is 3.71. The van der Waals surface area contributed by atoms with Crippen molar-refractivity contribution < 1.29 is 4.52 Å². The molecule has 1 heterocycles. The number of hydrogen-bond acceptors (Lipinski definition) is 5. The lowest BCUT2D eigenvalue weighted by Crippen LogP contribution is -1.86. The standard InChI is InChI=1S/C9H8BrN3OS/c10-6-3-1-2-4-7(6)15-5-8-12-9(11)14-13-8/h1-4H,5H2,(H2,11,12,13). The van der Waals surface area contributed by atoms with E-state index in [1.54, 1.807) is 11.8 Å². The first-order chi connectivity index (χ1) is 7.25. The van der Waals surface area contributed by atoms with Crippen LogP contribution in [0.5, 0.6) is 0 Å². The number of nitrogens with two attached hydrogens (primary N) is 1. The normalized spacial score (nSPS) is 10.5. The third-order valence-corrected chi connectivity index (χ3v) is 3.70. The van der Waals surface area contributed by atoms with Crippen LogP contribution in [0.1, 0.15) is 5.82 Å². The molecule has 0 spiro atoms. The highest BCUT2D eigenvalue weighted by molar-refractivity contribution is 9.10. The molecule has 4 nitrogen and oxygen atoms in total. The fourth-order valence-electron chi connectivity index (χ4n) is 1.03. The first-order valence-corrected chi connectivity index (χ1v) is 5.99. The molecule has 0 aliphatic rings. The van der Waals surface area contributed by atoms with Gasteiger partial charge in [0.1, 0.15) is 0 Å². The largest absolute Gasteiger partial charge is 0.351 e. The minimum Gasteiger partial charge on any atom is -0.351 e. The summed E-state index contributed by atoms with van der Waals surface area (Å²) in [6.07, 6.45) is 0. The van der Waals surface area contributed by atoms with Gasteiger partial charge in [-0.15, -0.1) is 11.8 Å². The van der Waals surface area contributed by atoms with E-state index in [9.17, 15) is 0 Å². The zero-order valence-electron chi connectivity index (χ0n) is 7.68. The Bertz CT molecular complexity index is 460. The number of thioether (sulfide) groups is 1. The molecule has 78 valence electrons. The predicted molar refractivity (Wildman–Crippen MR) is 62.4 cm³/mol. The molecule has 0 amide bonds. The minimum absolute atomic E-state index is 0.109. The Morgan fingerprint density at radius 1 is 1.40 bits per heavy atom. The minimum atomic E-state index is 0.109. The number of aromatic nitrogens is 2. The van der Waals surface area contributed by atoms with Crippen molar-refractivity contribution in [2.45, 2.75) is 10.6 Å². The van der Waals surface area contributed by atoms with Crippen LogP contribution in [0, 0.1) is 0 Å². The zero-order valence-corrected chi connectivity index (χ0v) is 10.1. The van der Waals surface area contributed by atoms with Gasteiger partial charge < -0.3 is 10.3 Å². The number of nitrogen functional groups attached to an aromatic ring is 1. The van der Waals surface area contributed by atoms with Crippen molar-refractivity contribution in [3.63, 3.8) is 0 Å². The Hall–Kier alpha value is -1.01. The van der Waals surface area contributed by atoms with E-state index >= 15 is 0 Å². The highest BCUT2D eigenvalue weighted by Crippen LogP contribution is 2.28. The van der Waals surface area contributed by atoms with Gasteiger partial charge in [-0.2, -0.15) is 4.98 Å². The van der Waals surface area contributed by atoms with Gasteiger partial charge in [-0.25, -0.2) is 0 Å². The molecule has 0 bridgehead atoms. The monoisotopic (exact) mass is 285 g/mol. The van der Waals surface area contributed by atoms with E-state index in [2.05, 4.69) is 30.6 Å². The molecule has 15 heavy (non-hydrogen) atoms. The smallest absolute Gasteiger partial charge is 0.318 e. The molecule has 0 saturated heterocycles. The van der Waals surface area contributed by atoms with Crippen molar-refractivity contribution in [3.8, 4) is 0 Å². The van der Waals surface area contributed by atoms with Crippen LogP contribution in [0.25, 0.3) is 0 Å². The SMILES string of the molecule is Nc1nc(CSc2ccccc2Br)no1. The van der Waals surface area contributed by atoms with Crippen molar-refractivity contribution in [2.75, 3.05) is 5.73 Å². The number of hydrogen-bond donors (Lipinski definition) is 1. The number of halogens is 1. The van der Waals surface area contributed by atoms with E-state index in [1.165, 1.54) is 0 Å². The maximum absolute atomic E-state index is 5.32. The molecule has 0 aliphatic heterocycles. The van der Waals surface area contributed by atoms with Crippen molar-refractivity contribution in [2.24, 2.45) is 0 Å². The Labute approximate surface area is 99.4 Å². The number of benzene rings is 1. The number of nitrogens with zero attached hydrogens (tertiary/aromatic N) is 2. The molecule has 0 aliphatic carbocycles. The number of anilines is 1. The fraction of sp³-hybridized carbons (Fsp3) is 0.111. The first-order valence-electron chi connectivity index (χ1n) is 4.21. The second-order valence-corrected chi connectivity index (χ2v) is 4.64. The van der Waals surface area contributed by atoms with Crippen LogP contribution in [-0.2, 0) is 5.75 Å². The van der Waals surface area contributed by atoms with Gasteiger partial charge in [0.25, 0.3) is 0 Å². The van der Waals surface area contributed by atoms with Gasteiger partial charge in [0.15, 0.2) is 5.82 Å². The zero-order chi connectivity index (χ0) is 10.7. The van der Waals surface area contributed by atoms with Gasteiger partial charge in [0.05, 0.1) is 5.75 Å². The second kappa shape index (κ2) is 4.67. The highest BCUT2D eigenvalue weighted by atomic mass is 79.9. The van der Waals surface area contributed by atoms with Crippen LogP contribution in [0.3, 0.4) is 0 Å². The van der Waals surface area contributed by atoms with Gasteiger partial charge in [0, 0.05) is 9.37 Å². The summed E-state index contributed by atoms with van der Waals surface area (Å²) in [5.41, 5.74) is 5.32. The summed E-state index contributed by atoms with van der Waals surface area (Å²) in [7, 11) is 0. The van der Waals surface area contributed by atoms with E-state index in [1.807, 2.05) is 24.3 Å². The van der Waals surface area contributed by atoms with Crippen LogP contribution < -0.4 is 5.73 Å². The quantitative estimate of drug-likeness (QED) is 0.879. The van der Waals surface area contributed by atoms with Crippen LogP contribution in [-0.4, -0.2) is 10.1 Å². The molecule has 1 aromatic carbocycles. The fourth-order valence-corrected chi connectivity index (χ4v) is 2.44. The molecule has 0 fully saturated rings. The van der Waals surface area contributed by atoms with Gasteiger partial charge in [0.2, 0.25) is 0 Å². The maximum atomic E-state index is 5.32. The summed E-state index contributed by atoms with van der Waals surface area (Å²) in [6.45, 7) is 0. The van der Waals surface area contributed by atoms with E-state index in [-0.39, 0.29) is 6.01 Å². The third kappa shape index (κ3) is 2.73. The summed E-state index contributed by atoms with van der Waals surface area (Å²) in [5.74, 6) is 1.25. The summed E-state index contributed by atoms with van der Waals surface area (Å²) >= 11 is 5.09. The number of rotatable bonds is 3. The summed E-state index contributed by atoms with van der Waals surface area (Å²) in [6, 6.07) is 8.08. The molecule has 0 saturated carbocycles. The Kier molecular flexibility index (Phi) is 3.27. The molecule has 6 heteroatoms. The molecular formula is C9H8BrN3OS. The summed E-state index contributed by atoms with van der Waals surface area (Å²) < 4.78 is 5.74. The first kappa shape index (κ1) is 10.5. The van der Waals surface area contributed by atoms with E-state index in [0.29, 0.717) is 11.6 Å². The molecule has 0 radical (unpaired) electrons. The molecule has 2 rings (SSSR count). The summed E-state index contributed by atoms with van der Waals surface area (Å²) in [4.78, 5) is 5.06. The molecule has 0 atom stereocenters. The van der Waals surface area contributed by atoms with Crippen LogP contribution in [0.4, 0.5) is 6.01 Å². The maximum Gasteiger partial charge on any atom is 0.318 e. The lowest BCUT2D eigenvalue weighted by atomic mass is 10.4. The molecule has 2 N–H and O–H groups in total. The van der Waals surface area contributed by atoms with Crippen molar-refractivity contribution in [1.82, 2.24) is 10.1 Å². The third-order valence-electron chi connectivity index (χ3n) is 1.68. The van der Waals surface area contributed by atoms with Crippen LogP contribution in [0.2, 0.25) is 0 Å². The van der Waals surface area contributed by atoms with Gasteiger partial charge in [-0.3, -0.25) is 0 Å². The predicted octanol–water partition coefficient (Wildman–Crippen LogP) is 2.71. The second-order valence-electron chi connectivity index (χ2n) is 2.77. The van der Waals surface area contributed by atoms with Crippen LogP contribution in [0.15, 0.2) is 38.2 Å². The molecular weight excluding hydrogens is 278 g/mol. The Morgan fingerprint density at radius 2 is 2.20 bits per heavy atom. The lowest BCUT2D eigenvalue weighted by molar-refractivity contribution is 0.429. The molecule has 2 aromatic rings. The van der Waals surface area contributed by atoms with E-state index < -0.39 is 0 Å². The van der Waals surface area contributed by atoms with Gasteiger partial charge in [-0.1, -0.05) is 17.3 Å². The average molecular weight is 286 g/mol. The highest BCUT2D eigenvalue weighted by Gasteiger charge is 2.05. The lowest BCUT2D eigenvalue weighted by Gasteiger charge is -2.00. The van der Waals surface area contributed by atoms with Gasteiger partial charge >= 0.3 is 6.01 Å². The Balaban J connectivity index is 2.02. The van der Waals surface area contributed by atoms with Crippen molar-refractivity contribution >= 4 is 33.7 Å². The van der Waals surface area contributed by atoms with Crippen LogP contribution >= 0.6 is 27.7 Å². The molecule has 0 unspecified atom stereocenters. The van der Waals surface area contributed by atoms with Gasteiger partial charge in [-0.05, 0) is 28.1 Å². The van der Waals surface area contributed by atoms with E-state index in [0.717, 1.165) is 9.37 Å². The van der Waals surface area contributed by atoms with E-state index in [4.69, 9.17) is 5.73 Å². The topological polar surface area (TPSA) is 64.9 Å². The Morgan fingerprint density at radius 3 is 2.87 bits per heavy atom. The molecule has 1 aromatic heterocycles.